The highest BCUT2D eigenvalue weighted by molar-refractivity contribution is 7.99. The van der Waals surface area contributed by atoms with Gasteiger partial charge in [0, 0.05) is 18.2 Å². The summed E-state index contributed by atoms with van der Waals surface area (Å²) in [5.41, 5.74) is 2.14. The first kappa shape index (κ1) is 16.7. The topological polar surface area (TPSA) is 68.2 Å². The van der Waals surface area contributed by atoms with Crippen molar-refractivity contribution in [2.75, 3.05) is 10.7 Å². The van der Waals surface area contributed by atoms with Crippen molar-refractivity contribution in [3.8, 4) is 17.1 Å². The molecule has 0 radical (unpaired) electrons. The summed E-state index contributed by atoms with van der Waals surface area (Å²) in [7, 11) is 0. The predicted molar refractivity (Wildman–Crippen MR) is 94.1 cm³/mol. The first-order chi connectivity index (χ1) is 11.6. The number of para-hydroxylation sites is 1. The van der Waals surface area contributed by atoms with E-state index in [2.05, 4.69) is 22.1 Å². The smallest absolute Gasteiger partial charge is 0.247 e. The van der Waals surface area contributed by atoms with Gasteiger partial charge in [-0.1, -0.05) is 43.3 Å². The number of amides is 1. The Labute approximate surface area is 145 Å². The molecule has 1 aromatic carbocycles. The van der Waals surface area contributed by atoms with Crippen molar-refractivity contribution < 1.29 is 9.53 Å². The third-order valence-electron chi connectivity index (χ3n) is 3.77. The molecule has 0 bridgehead atoms. The Bertz CT molecular complexity index is 753. The van der Waals surface area contributed by atoms with E-state index in [1.54, 1.807) is 16.7 Å². The third-order valence-corrected chi connectivity index (χ3v) is 4.69. The van der Waals surface area contributed by atoms with E-state index in [-0.39, 0.29) is 5.91 Å². The lowest BCUT2D eigenvalue weighted by Crippen LogP contribution is -2.40. The minimum atomic E-state index is -0.463. The number of carbonyl (C=O) groups is 1. The SMILES string of the molecule is CCCCSc1nnc2c(n1)O[C@@H](C)N(C(C)=O)c1ccccc1-2. The van der Waals surface area contributed by atoms with Gasteiger partial charge in [-0.2, -0.15) is 4.98 Å². The highest BCUT2D eigenvalue weighted by Gasteiger charge is 2.30. The molecule has 3 rings (SSSR count). The highest BCUT2D eigenvalue weighted by atomic mass is 32.2. The average molecular weight is 344 g/mol. The van der Waals surface area contributed by atoms with Crippen LogP contribution in [0.2, 0.25) is 0 Å². The molecule has 1 aliphatic rings. The van der Waals surface area contributed by atoms with Crippen LogP contribution in [0.1, 0.15) is 33.6 Å². The monoisotopic (exact) mass is 344 g/mol. The molecule has 2 heterocycles. The molecule has 2 aromatic rings. The van der Waals surface area contributed by atoms with Gasteiger partial charge in [0.1, 0.15) is 0 Å². The van der Waals surface area contributed by atoms with Gasteiger partial charge in [0.25, 0.3) is 0 Å². The number of nitrogens with zero attached hydrogens (tertiary/aromatic N) is 4. The number of hydrogen-bond acceptors (Lipinski definition) is 6. The van der Waals surface area contributed by atoms with Gasteiger partial charge in [0.15, 0.2) is 11.9 Å². The molecule has 0 saturated carbocycles. The van der Waals surface area contributed by atoms with Crippen molar-refractivity contribution in [3.63, 3.8) is 0 Å². The lowest BCUT2D eigenvalue weighted by atomic mass is 10.1. The van der Waals surface area contributed by atoms with Gasteiger partial charge in [-0.15, -0.1) is 10.2 Å². The van der Waals surface area contributed by atoms with E-state index >= 15 is 0 Å². The average Bonchev–Trinajstić information content (AvgIpc) is 2.68. The van der Waals surface area contributed by atoms with Gasteiger partial charge in [-0.05, 0) is 19.4 Å². The summed E-state index contributed by atoms with van der Waals surface area (Å²) in [4.78, 5) is 18.2. The number of carbonyl (C=O) groups excluding carboxylic acids is 1. The largest absolute Gasteiger partial charge is 0.452 e. The Morgan fingerprint density at radius 1 is 1.33 bits per heavy atom. The number of hydrogen-bond donors (Lipinski definition) is 0. The van der Waals surface area contributed by atoms with E-state index in [0.717, 1.165) is 29.8 Å². The maximum atomic E-state index is 12.1. The molecule has 0 fully saturated rings. The summed E-state index contributed by atoms with van der Waals surface area (Å²) in [6.45, 7) is 5.51. The second-order valence-corrected chi connectivity index (χ2v) is 6.64. The molecule has 1 amide bonds. The van der Waals surface area contributed by atoms with Gasteiger partial charge >= 0.3 is 0 Å². The number of aromatic nitrogens is 3. The second-order valence-electron chi connectivity index (χ2n) is 5.57. The number of thioether (sulfide) groups is 1. The Balaban J connectivity index is 2.03. The Morgan fingerprint density at radius 3 is 2.88 bits per heavy atom. The molecule has 0 aliphatic carbocycles. The number of rotatable bonds is 4. The molecular formula is C17H20N4O2S. The normalized spacial score (nSPS) is 16.0. The molecular weight excluding hydrogens is 324 g/mol. The fourth-order valence-corrected chi connectivity index (χ4v) is 3.50. The zero-order valence-electron chi connectivity index (χ0n) is 14.0. The Hall–Kier alpha value is -2.15. The van der Waals surface area contributed by atoms with Crippen LogP contribution in [0.5, 0.6) is 5.88 Å². The van der Waals surface area contributed by atoms with Crippen molar-refractivity contribution in [3.05, 3.63) is 24.3 Å². The zero-order chi connectivity index (χ0) is 17.1. The van der Waals surface area contributed by atoms with E-state index in [1.807, 2.05) is 31.2 Å². The summed E-state index contributed by atoms with van der Waals surface area (Å²) in [6.07, 6.45) is 1.76. The molecule has 0 spiro atoms. The molecule has 1 aromatic heterocycles. The van der Waals surface area contributed by atoms with Gasteiger partial charge < -0.3 is 4.74 Å². The van der Waals surface area contributed by atoms with Crippen molar-refractivity contribution >= 4 is 23.4 Å². The maximum Gasteiger partial charge on any atom is 0.247 e. The van der Waals surface area contributed by atoms with E-state index in [1.165, 1.54) is 6.92 Å². The van der Waals surface area contributed by atoms with Crippen LogP contribution in [0.15, 0.2) is 29.4 Å². The fourth-order valence-electron chi connectivity index (χ4n) is 2.64. The summed E-state index contributed by atoms with van der Waals surface area (Å²) < 4.78 is 5.94. The first-order valence-corrected chi connectivity index (χ1v) is 9.03. The molecule has 1 aliphatic heterocycles. The molecule has 6 nitrogen and oxygen atoms in total. The van der Waals surface area contributed by atoms with Gasteiger partial charge in [-0.25, -0.2) is 0 Å². The lowest BCUT2D eigenvalue weighted by Gasteiger charge is -2.26. The van der Waals surface area contributed by atoms with Gasteiger partial charge in [-0.3, -0.25) is 9.69 Å². The number of anilines is 1. The van der Waals surface area contributed by atoms with E-state index < -0.39 is 6.23 Å². The zero-order valence-corrected chi connectivity index (χ0v) is 14.8. The Kier molecular flexibility index (Phi) is 4.99. The quantitative estimate of drug-likeness (QED) is 0.624. The summed E-state index contributed by atoms with van der Waals surface area (Å²) in [5.74, 6) is 1.28. The van der Waals surface area contributed by atoms with Crippen LogP contribution in [0.3, 0.4) is 0 Å². The van der Waals surface area contributed by atoms with Crippen molar-refractivity contribution in [1.29, 1.82) is 0 Å². The molecule has 1 atom stereocenters. The van der Waals surface area contributed by atoms with E-state index in [9.17, 15) is 4.79 Å². The number of ether oxygens (including phenoxy) is 1. The third kappa shape index (κ3) is 3.21. The van der Waals surface area contributed by atoms with Crippen LogP contribution >= 0.6 is 11.8 Å². The van der Waals surface area contributed by atoms with Crippen LogP contribution < -0.4 is 9.64 Å². The first-order valence-electron chi connectivity index (χ1n) is 8.05. The molecule has 0 saturated heterocycles. The predicted octanol–water partition coefficient (Wildman–Crippen LogP) is 3.52. The summed E-state index contributed by atoms with van der Waals surface area (Å²) in [6, 6.07) is 7.59. The molecule has 7 heteroatoms. The van der Waals surface area contributed by atoms with Crippen LogP contribution in [0.25, 0.3) is 11.3 Å². The second kappa shape index (κ2) is 7.17. The van der Waals surface area contributed by atoms with Crippen molar-refractivity contribution in [1.82, 2.24) is 15.2 Å². The van der Waals surface area contributed by atoms with Crippen LogP contribution in [0.4, 0.5) is 5.69 Å². The number of benzene rings is 1. The van der Waals surface area contributed by atoms with Crippen molar-refractivity contribution in [2.45, 2.75) is 45.0 Å². The van der Waals surface area contributed by atoms with Crippen LogP contribution in [-0.4, -0.2) is 33.1 Å². The highest BCUT2D eigenvalue weighted by Crippen LogP contribution is 2.39. The number of unbranched alkanes of at least 4 members (excludes halogenated alkanes) is 1. The van der Waals surface area contributed by atoms with E-state index in [4.69, 9.17) is 4.74 Å². The lowest BCUT2D eigenvalue weighted by molar-refractivity contribution is -0.118. The van der Waals surface area contributed by atoms with Gasteiger partial charge in [0.05, 0.1) is 5.69 Å². The standard InChI is InChI=1S/C17H20N4O2S/c1-4-5-10-24-17-18-16-15(19-20-17)13-8-6-7-9-14(13)21(11(2)22)12(3)23-16/h6-9,12H,4-5,10H2,1-3H3/t12-/m0/s1. The maximum absolute atomic E-state index is 12.1. The Morgan fingerprint density at radius 2 is 2.12 bits per heavy atom. The minimum absolute atomic E-state index is 0.0896. The van der Waals surface area contributed by atoms with Crippen molar-refractivity contribution in [2.24, 2.45) is 0 Å². The number of fused-ring (bicyclic) bond motifs is 3. The van der Waals surface area contributed by atoms with E-state index in [0.29, 0.717) is 16.7 Å². The molecule has 126 valence electrons. The fraction of sp³-hybridized carbons (Fsp3) is 0.412. The minimum Gasteiger partial charge on any atom is -0.452 e. The summed E-state index contributed by atoms with van der Waals surface area (Å²) in [5, 5.41) is 9.15. The van der Waals surface area contributed by atoms with Crippen LogP contribution in [-0.2, 0) is 4.79 Å². The van der Waals surface area contributed by atoms with Crippen LogP contribution in [0, 0.1) is 0 Å². The molecule has 0 unspecified atom stereocenters. The molecule has 24 heavy (non-hydrogen) atoms. The molecule has 0 N–H and O–H groups in total. The van der Waals surface area contributed by atoms with Gasteiger partial charge in [0.2, 0.25) is 16.9 Å². The summed E-state index contributed by atoms with van der Waals surface area (Å²) >= 11 is 1.57.